The molecule has 0 aliphatic rings. The van der Waals surface area contributed by atoms with Gasteiger partial charge in [0, 0.05) is 28.8 Å². The first-order valence-electron chi connectivity index (χ1n) is 8.57. The van der Waals surface area contributed by atoms with Crippen LogP contribution in [0.1, 0.15) is 5.69 Å². The summed E-state index contributed by atoms with van der Waals surface area (Å²) >= 11 is 0. The Hall–Kier alpha value is -3.05. The van der Waals surface area contributed by atoms with Gasteiger partial charge in [-0.15, -0.1) is 0 Å². The van der Waals surface area contributed by atoms with Crippen molar-refractivity contribution in [2.24, 2.45) is 0 Å². The van der Waals surface area contributed by atoms with Gasteiger partial charge in [-0.2, -0.15) is 0 Å². The lowest BCUT2D eigenvalue weighted by Gasteiger charge is -2.15. The predicted octanol–water partition coefficient (Wildman–Crippen LogP) is 5.12. The Balaban J connectivity index is 1.85. The molecule has 0 saturated carbocycles. The molecule has 0 amide bonds. The summed E-state index contributed by atoms with van der Waals surface area (Å²) in [5.74, 6) is 0.813. The number of benzene rings is 2. The monoisotopic (exact) mass is 377 g/mol. The largest absolute Gasteiger partial charge is 0.464 e. The van der Waals surface area contributed by atoms with Gasteiger partial charge in [0.05, 0.1) is 16.9 Å². The molecular weight excluding hydrogens is 358 g/mol. The molecule has 2 aromatic carbocycles. The van der Waals surface area contributed by atoms with Crippen LogP contribution in [-0.4, -0.2) is 19.2 Å². The van der Waals surface area contributed by atoms with Crippen molar-refractivity contribution < 1.29 is 12.8 Å². The summed E-state index contributed by atoms with van der Waals surface area (Å²) in [6, 6.07) is 22.9. The van der Waals surface area contributed by atoms with Gasteiger partial charge in [0.15, 0.2) is 9.84 Å². The number of nitrogens with zero attached hydrogens (tertiary/aromatic N) is 1. The highest BCUT2D eigenvalue weighted by molar-refractivity contribution is 7.90. The summed E-state index contributed by atoms with van der Waals surface area (Å²) in [7, 11) is -3.33. The second kappa shape index (κ2) is 6.59. The van der Waals surface area contributed by atoms with Crippen LogP contribution in [0.4, 0.5) is 0 Å². The Morgan fingerprint density at radius 2 is 1.59 bits per heavy atom. The predicted molar refractivity (Wildman–Crippen MR) is 107 cm³/mol. The summed E-state index contributed by atoms with van der Waals surface area (Å²) in [4.78, 5) is 0.330. The van der Waals surface area contributed by atoms with Crippen molar-refractivity contribution in [3.05, 3.63) is 84.8 Å². The first-order chi connectivity index (χ1) is 12.9. The highest BCUT2D eigenvalue weighted by Crippen LogP contribution is 2.32. The Morgan fingerprint density at radius 1 is 0.852 bits per heavy atom. The number of sulfone groups is 1. The van der Waals surface area contributed by atoms with Gasteiger partial charge in [0.25, 0.3) is 0 Å². The van der Waals surface area contributed by atoms with Crippen molar-refractivity contribution in [3.63, 3.8) is 0 Å². The van der Waals surface area contributed by atoms with Crippen molar-refractivity contribution in [2.45, 2.75) is 11.8 Å². The summed E-state index contributed by atoms with van der Waals surface area (Å²) in [5.41, 5.74) is 4.53. The Bertz CT molecular complexity index is 1180. The number of aromatic nitrogens is 1. The van der Waals surface area contributed by atoms with E-state index in [-0.39, 0.29) is 0 Å². The highest BCUT2D eigenvalue weighted by Gasteiger charge is 2.18. The van der Waals surface area contributed by atoms with Crippen LogP contribution in [0.25, 0.3) is 28.3 Å². The molecule has 4 rings (SSSR count). The van der Waals surface area contributed by atoms with Gasteiger partial charge in [-0.25, -0.2) is 8.42 Å². The summed E-state index contributed by atoms with van der Waals surface area (Å²) in [6.45, 7) is 2.01. The number of hydrogen-bond donors (Lipinski definition) is 0. The van der Waals surface area contributed by atoms with E-state index >= 15 is 0 Å². The fourth-order valence-electron chi connectivity index (χ4n) is 3.31. The van der Waals surface area contributed by atoms with E-state index in [2.05, 4.69) is 4.57 Å². The standard InChI is InChI=1S/C22H19NO3S/c1-16-9-14-20(19-6-3-4-8-22(19)27(2,24)25)23(16)18-12-10-17(11-13-18)21-7-5-15-26-21/h3-15H,1-2H3. The molecule has 0 saturated heterocycles. The fraction of sp³-hybridized carbons (Fsp3) is 0.0909. The second-order valence-corrected chi connectivity index (χ2v) is 8.47. The lowest BCUT2D eigenvalue weighted by molar-refractivity contribution is 0.582. The molecule has 2 aromatic heterocycles. The molecule has 5 heteroatoms. The molecule has 0 fully saturated rings. The van der Waals surface area contributed by atoms with Gasteiger partial charge in [0.1, 0.15) is 5.76 Å². The van der Waals surface area contributed by atoms with Gasteiger partial charge < -0.3 is 8.98 Å². The van der Waals surface area contributed by atoms with Crippen LogP contribution in [0, 0.1) is 6.92 Å². The molecule has 0 spiro atoms. The minimum Gasteiger partial charge on any atom is -0.464 e. The molecule has 136 valence electrons. The number of furan rings is 1. The Morgan fingerprint density at radius 3 is 2.26 bits per heavy atom. The summed E-state index contributed by atoms with van der Waals surface area (Å²) in [5, 5.41) is 0. The molecule has 4 nitrogen and oxygen atoms in total. The van der Waals surface area contributed by atoms with E-state index in [4.69, 9.17) is 4.42 Å². The van der Waals surface area contributed by atoms with Gasteiger partial charge in [-0.1, -0.05) is 18.2 Å². The number of hydrogen-bond acceptors (Lipinski definition) is 3. The normalized spacial score (nSPS) is 11.6. The van der Waals surface area contributed by atoms with E-state index in [1.807, 2.05) is 67.6 Å². The maximum Gasteiger partial charge on any atom is 0.176 e. The third kappa shape index (κ3) is 3.22. The minimum absolute atomic E-state index is 0.330. The SMILES string of the molecule is Cc1ccc(-c2ccccc2S(C)(=O)=O)n1-c1ccc(-c2ccco2)cc1. The molecule has 0 N–H and O–H groups in total. The first-order valence-corrected chi connectivity index (χ1v) is 10.5. The Kier molecular flexibility index (Phi) is 4.24. The average molecular weight is 377 g/mol. The van der Waals surface area contributed by atoms with E-state index in [1.165, 1.54) is 6.26 Å². The zero-order valence-corrected chi connectivity index (χ0v) is 15.9. The van der Waals surface area contributed by atoms with Gasteiger partial charge in [0.2, 0.25) is 0 Å². The molecular formula is C22H19NO3S. The summed E-state index contributed by atoms with van der Waals surface area (Å²) < 4.78 is 32.0. The zero-order valence-electron chi connectivity index (χ0n) is 15.1. The van der Waals surface area contributed by atoms with Crippen molar-refractivity contribution in [1.29, 1.82) is 0 Å². The molecule has 0 unspecified atom stereocenters. The molecule has 2 heterocycles. The maximum absolute atomic E-state index is 12.2. The lowest BCUT2D eigenvalue weighted by Crippen LogP contribution is -2.04. The third-order valence-electron chi connectivity index (χ3n) is 4.57. The average Bonchev–Trinajstić information content (AvgIpc) is 3.31. The molecule has 0 aliphatic heterocycles. The van der Waals surface area contributed by atoms with Crippen molar-refractivity contribution in [3.8, 4) is 28.3 Å². The smallest absolute Gasteiger partial charge is 0.176 e. The summed E-state index contributed by atoms with van der Waals surface area (Å²) in [6.07, 6.45) is 2.89. The van der Waals surface area contributed by atoms with Crippen LogP contribution in [-0.2, 0) is 9.84 Å². The molecule has 0 aliphatic carbocycles. The molecule has 0 radical (unpaired) electrons. The van der Waals surface area contributed by atoms with E-state index < -0.39 is 9.84 Å². The van der Waals surface area contributed by atoms with Crippen LogP contribution in [0.15, 0.2) is 88.4 Å². The van der Waals surface area contributed by atoms with Crippen LogP contribution in [0.5, 0.6) is 0 Å². The quantitative estimate of drug-likeness (QED) is 0.496. The number of rotatable bonds is 4. The van der Waals surface area contributed by atoms with Gasteiger partial charge >= 0.3 is 0 Å². The molecule has 4 aromatic rings. The third-order valence-corrected chi connectivity index (χ3v) is 5.72. The zero-order chi connectivity index (χ0) is 19.0. The first kappa shape index (κ1) is 17.4. The van der Waals surface area contributed by atoms with Crippen LogP contribution in [0.2, 0.25) is 0 Å². The van der Waals surface area contributed by atoms with E-state index in [1.54, 1.807) is 18.4 Å². The van der Waals surface area contributed by atoms with E-state index in [0.29, 0.717) is 10.5 Å². The highest BCUT2D eigenvalue weighted by atomic mass is 32.2. The number of aryl methyl sites for hydroxylation is 1. The van der Waals surface area contributed by atoms with Gasteiger partial charge in [-0.05, 0) is 61.5 Å². The van der Waals surface area contributed by atoms with Crippen LogP contribution < -0.4 is 0 Å². The fourth-order valence-corrected chi connectivity index (χ4v) is 4.21. The van der Waals surface area contributed by atoms with Crippen molar-refractivity contribution in [2.75, 3.05) is 6.26 Å². The second-order valence-electron chi connectivity index (χ2n) is 6.49. The topological polar surface area (TPSA) is 52.2 Å². The lowest BCUT2D eigenvalue weighted by atomic mass is 10.1. The van der Waals surface area contributed by atoms with Crippen LogP contribution in [0.3, 0.4) is 0 Å². The van der Waals surface area contributed by atoms with Crippen LogP contribution >= 0.6 is 0 Å². The molecule has 27 heavy (non-hydrogen) atoms. The minimum atomic E-state index is -3.33. The molecule has 0 bridgehead atoms. The maximum atomic E-state index is 12.2. The van der Waals surface area contributed by atoms with E-state index in [9.17, 15) is 8.42 Å². The van der Waals surface area contributed by atoms with E-state index in [0.717, 1.165) is 28.4 Å². The Labute approximate surface area is 158 Å². The van der Waals surface area contributed by atoms with Gasteiger partial charge in [-0.3, -0.25) is 0 Å². The van der Waals surface area contributed by atoms with Crippen molar-refractivity contribution in [1.82, 2.24) is 4.57 Å². The molecule has 0 atom stereocenters. The van der Waals surface area contributed by atoms with Crippen molar-refractivity contribution >= 4 is 9.84 Å².